The Morgan fingerprint density at radius 2 is 2.12 bits per heavy atom. The number of aromatic nitrogens is 3. The summed E-state index contributed by atoms with van der Waals surface area (Å²) in [5.74, 6) is 0.756. The van der Waals surface area contributed by atoms with E-state index in [1.165, 1.54) is 29.1 Å². The molecule has 2 aromatic heterocycles. The normalized spacial score (nSPS) is 10.8. The number of nitrogens with one attached hydrogen (secondary N) is 1. The van der Waals surface area contributed by atoms with Crippen LogP contribution in [0.2, 0.25) is 0 Å². The average molecular weight is 249 g/mol. The fourth-order valence-electron chi connectivity index (χ4n) is 1.69. The Kier molecular flexibility index (Phi) is 3.38. The number of hydrogen-bond donors (Lipinski definition) is 1. The van der Waals surface area contributed by atoms with E-state index in [9.17, 15) is 4.79 Å². The van der Waals surface area contributed by atoms with E-state index in [1.54, 1.807) is 0 Å². The van der Waals surface area contributed by atoms with Crippen LogP contribution in [0.1, 0.15) is 17.0 Å². The van der Waals surface area contributed by atoms with Crippen molar-refractivity contribution in [2.45, 2.75) is 31.8 Å². The quantitative estimate of drug-likeness (QED) is 0.670. The molecule has 0 fully saturated rings. The van der Waals surface area contributed by atoms with Crippen LogP contribution >= 0.6 is 11.8 Å². The van der Waals surface area contributed by atoms with Crippen LogP contribution in [0.5, 0.6) is 0 Å². The van der Waals surface area contributed by atoms with Gasteiger partial charge in [-0.1, -0.05) is 11.8 Å². The molecule has 0 aliphatic carbocycles. The second kappa shape index (κ2) is 4.79. The molecule has 0 unspecified atom stereocenters. The fourth-order valence-corrected chi connectivity index (χ4v) is 2.61. The molecule has 0 saturated heterocycles. The van der Waals surface area contributed by atoms with Crippen molar-refractivity contribution in [1.82, 2.24) is 14.5 Å². The van der Waals surface area contributed by atoms with Gasteiger partial charge in [0.2, 0.25) is 0 Å². The summed E-state index contributed by atoms with van der Waals surface area (Å²) in [6, 6.07) is 3.63. The molecule has 0 atom stereocenters. The van der Waals surface area contributed by atoms with Crippen LogP contribution < -0.4 is 5.56 Å². The highest BCUT2D eigenvalue weighted by Gasteiger charge is 2.02. The Labute approximate surface area is 104 Å². The lowest BCUT2D eigenvalue weighted by Crippen LogP contribution is -2.08. The van der Waals surface area contributed by atoms with Crippen LogP contribution in [-0.2, 0) is 5.88 Å². The highest BCUT2D eigenvalue weighted by Crippen LogP contribution is 2.17. The van der Waals surface area contributed by atoms with E-state index in [2.05, 4.69) is 40.6 Å². The zero-order valence-electron chi connectivity index (χ0n) is 10.2. The van der Waals surface area contributed by atoms with Gasteiger partial charge in [0.05, 0.1) is 5.88 Å². The number of nitrogens with zero attached hydrogens (tertiary/aromatic N) is 2. The molecule has 0 aliphatic rings. The van der Waals surface area contributed by atoms with Crippen LogP contribution in [0.25, 0.3) is 0 Å². The Bertz CT molecular complexity index is 586. The molecule has 0 aromatic carbocycles. The van der Waals surface area contributed by atoms with Gasteiger partial charge in [0.25, 0.3) is 5.56 Å². The maximum Gasteiger partial charge on any atom is 0.251 e. The first-order valence-electron chi connectivity index (χ1n) is 5.39. The number of rotatable bonds is 3. The number of thioether (sulfide) groups is 1. The zero-order chi connectivity index (χ0) is 12.4. The molecule has 2 rings (SSSR count). The molecule has 90 valence electrons. The predicted octanol–water partition coefficient (Wildman–Crippen LogP) is 2.25. The summed E-state index contributed by atoms with van der Waals surface area (Å²) in [5, 5.41) is 0.667. The van der Waals surface area contributed by atoms with Crippen molar-refractivity contribution in [3.63, 3.8) is 0 Å². The van der Waals surface area contributed by atoms with Gasteiger partial charge in [-0.25, -0.2) is 4.98 Å². The largest absolute Gasteiger partial charge is 0.341 e. The standard InChI is InChI=1S/C12H15N3OS/c1-8-4-10(3)15(6-8)7-17-12-13-9(2)5-11(16)14-12/h4-6H,7H2,1-3H3,(H,13,14,16). The van der Waals surface area contributed by atoms with Crippen molar-refractivity contribution >= 4 is 11.8 Å². The first kappa shape index (κ1) is 12.0. The molecule has 2 aromatic rings. The van der Waals surface area contributed by atoms with E-state index in [0.717, 1.165) is 11.6 Å². The monoisotopic (exact) mass is 249 g/mol. The third-order valence-corrected chi connectivity index (χ3v) is 3.31. The van der Waals surface area contributed by atoms with Crippen molar-refractivity contribution in [3.05, 3.63) is 45.6 Å². The molecule has 0 radical (unpaired) electrons. The SMILES string of the molecule is Cc1cc(C)n(CSc2nc(C)cc(=O)[nH]2)c1. The maximum atomic E-state index is 11.3. The first-order valence-corrected chi connectivity index (χ1v) is 6.37. The third-order valence-electron chi connectivity index (χ3n) is 2.44. The van der Waals surface area contributed by atoms with Crippen LogP contribution in [0.4, 0.5) is 0 Å². The smallest absolute Gasteiger partial charge is 0.251 e. The van der Waals surface area contributed by atoms with E-state index in [-0.39, 0.29) is 5.56 Å². The number of aromatic amines is 1. The lowest BCUT2D eigenvalue weighted by atomic mass is 10.4. The van der Waals surface area contributed by atoms with Gasteiger partial charge in [0.1, 0.15) is 0 Å². The Morgan fingerprint density at radius 3 is 2.71 bits per heavy atom. The molecular weight excluding hydrogens is 234 g/mol. The second-order valence-electron chi connectivity index (χ2n) is 4.09. The summed E-state index contributed by atoms with van der Waals surface area (Å²) in [7, 11) is 0. The van der Waals surface area contributed by atoms with Crippen molar-refractivity contribution in [3.8, 4) is 0 Å². The van der Waals surface area contributed by atoms with Gasteiger partial charge in [-0.05, 0) is 32.4 Å². The second-order valence-corrected chi connectivity index (χ2v) is 5.03. The number of H-pyrrole nitrogens is 1. The third kappa shape index (κ3) is 3.00. The molecule has 0 aliphatic heterocycles. The highest BCUT2D eigenvalue weighted by atomic mass is 32.2. The van der Waals surface area contributed by atoms with Gasteiger partial charge in [-0.15, -0.1) is 0 Å². The number of hydrogen-bond acceptors (Lipinski definition) is 3. The molecular formula is C12H15N3OS. The van der Waals surface area contributed by atoms with E-state index < -0.39 is 0 Å². The summed E-state index contributed by atoms with van der Waals surface area (Å²) in [5.41, 5.74) is 3.11. The lowest BCUT2D eigenvalue weighted by molar-refractivity contribution is 0.841. The minimum absolute atomic E-state index is 0.0968. The minimum Gasteiger partial charge on any atom is -0.341 e. The van der Waals surface area contributed by atoms with Crippen molar-refractivity contribution in [1.29, 1.82) is 0 Å². The zero-order valence-corrected chi connectivity index (χ0v) is 11.0. The summed E-state index contributed by atoms with van der Waals surface area (Å²) >= 11 is 1.53. The Morgan fingerprint density at radius 1 is 1.35 bits per heavy atom. The topological polar surface area (TPSA) is 50.7 Å². The molecule has 2 heterocycles. The predicted molar refractivity (Wildman–Crippen MR) is 69.4 cm³/mol. The van der Waals surface area contributed by atoms with Gasteiger partial charge >= 0.3 is 0 Å². The molecule has 4 nitrogen and oxygen atoms in total. The van der Waals surface area contributed by atoms with Crippen molar-refractivity contribution < 1.29 is 0 Å². The van der Waals surface area contributed by atoms with E-state index in [0.29, 0.717) is 5.16 Å². The van der Waals surface area contributed by atoms with Gasteiger partial charge < -0.3 is 9.55 Å². The molecule has 0 saturated carbocycles. The summed E-state index contributed by atoms with van der Waals surface area (Å²) in [6.45, 7) is 5.96. The molecule has 5 heteroatoms. The minimum atomic E-state index is -0.0968. The summed E-state index contributed by atoms with van der Waals surface area (Å²) in [6.07, 6.45) is 2.09. The van der Waals surface area contributed by atoms with Crippen LogP contribution in [-0.4, -0.2) is 14.5 Å². The first-order chi connectivity index (χ1) is 8.04. The maximum absolute atomic E-state index is 11.3. The van der Waals surface area contributed by atoms with E-state index in [1.807, 2.05) is 6.92 Å². The van der Waals surface area contributed by atoms with E-state index in [4.69, 9.17) is 0 Å². The van der Waals surface area contributed by atoms with Gasteiger partial charge in [0, 0.05) is 23.7 Å². The molecule has 1 N–H and O–H groups in total. The summed E-state index contributed by atoms with van der Waals surface area (Å²) in [4.78, 5) is 18.3. The highest BCUT2D eigenvalue weighted by molar-refractivity contribution is 7.98. The molecule has 17 heavy (non-hydrogen) atoms. The van der Waals surface area contributed by atoms with Gasteiger partial charge in [-0.2, -0.15) is 0 Å². The average Bonchev–Trinajstić information content (AvgIpc) is 2.53. The van der Waals surface area contributed by atoms with Crippen molar-refractivity contribution in [2.24, 2.45) is 0 Å². The van der Waals surface area contributed by atoms with Crippen LogP contribution in [0.3, 0.4) is 0 Å². The Hall–Kier alpha value is -1.49. The number of aryl methyl sites for hydroxylation is 3. The fraction of sp³-hybridized carbons (Fsp3) is 0.333. The Balaban J connectivity index is 2.12. The molecule has 0 spiro atoms. The molecule has 0 amide bonds. The van der Waals surface area contributed by atoms with Gasteiger partial charge in [-0.3, -0.25) is 4.79 Å². The van der Waals surface area contributed by atoms with Crippen LogP contribution in [0, 0.1) is 20.8 Å². The van der Waals surface area contributed by atoms with Crippen molar-refractivity contribution in [2.75, 3.05) is 0 Å². The summed E-state index contributed by atoms with van der Waals surface area (Å²) < 4.78 is 2.14. The van der Waals surface area contributed by atoms with Gasteiger partial charge in [0.15, 0.2) is 5.16 Å². The van der Waals surface area contributed by atoms with Crippen LogP contribution in [0.15, 0.2) is 28.3 Å². The van der Waals surface area contributed by atoms with E-state index >= 15 is 0 Å². The lowest BCUT2D eigenvalue weighted by Gasteiger charge is -2.05. The molecule has 0 bridgehead atoms.